The van der Waals surface area contributed by atoms with Gasteiger partial charge in [0.1, 0.15) is 0 Å². The van der Waals surface area contributed by atoms with Gasteiger partial charge >= 0.3 is 0 Å². The van der Waals surface area contributed by atoms with Gasteiger partial charge in [0.25, 0.3) is 0 Å². The van der Waals surface area contributed by atoms with Gasteiger partial charge in [0.2, 0.25) is 0 Å². The summed E-state index contributed by atoms with van der Waals surface area (Å²) < 4.78 is 5.79. The van der Waals surface area contributed by atoms with Crippen molar-refractivity contribution in [2.24, 2.45) is 0 Å². The van der Waals surface area contributed by atoms with Crippen molar-refractivity contribution < 1.29 is 0 Å². The van der Waals surface area contributed by atoms with E-state index in [0.29, 0.717) is 0 Å². The molecule has 2 aromatic heterocycles. The molecule has 20 aromatic carbocycles. The Hall–Kier alpha value is -14.9. The molecule has 22 aromatic rings. The lowest BCUT2D eigenvalue weighted by atomic mass is 9.85. The molecule has 0 bridgehead atoms. The third-order valence-corrected chi connectivity index (χ3v) is 23.1. The Bertz CT molecular complexity index is 7260. The summed E-state index contributed by atoms with van der Waals surface area (Å²) in [4.78, 5) is 2.36. The molecule has 2 heterocycles. The highest BCUT2D eigenvalue weighted by Gasteiger charge is 2.22. The summed E-state index contributed by atoms with van der Waals surface area (Å²) in [5.74, 6) is 0. The molecule has 0 radical (unpaired) electrons. The number of fused-ring (bicyclic) bond motifs is 10. The van der Waals surface area contributed by atoms with Gasteiger partial charge < -0.3 is 19.4 Å². The van der Waals surface area contributed by atoms with Gasteiger partial charge in [-0.25, -0.2) is 0 Å². The zero-order valence-electron chi connectivity index (χ0n) is 64.1. The summed E-state index contributed by atoms with van der Waals surface area (Å²) in [5.41, 5.74) is 27.5. The van der Waals surface area contributed by atoms with Crippen LogP contribution in [0.25, 0.3) is 165 Å². The first-order chi connectivity index (χ1) is 58.0. The molecule has 1 N–H and O–H groups in total. The third kappa shape index (κ3) is 14.0. The zero-order valence-corrected chi connectivity index (χ0v) is 65.7. The molecule has 0 amide bonds. The van der Waals surface area contributed by atoms with Crippen LogP contribution < -0.4 is 10.2 Å². The number of aromatic nitrogens is 2. The van der Waals surface area contributed by atoms with Crippen LogP contribution in [0.3, 0.4) is 0 Å². The minimum atomic E-state index is 0. The molecular formula is C113H81BrN4. The Morgan fingerprint density at radius 3 is 0.847 bits per heavy atom. The molecule has 118 heavy (non-hydrogen) atoms. The Kier molecular flexibility index (Phi) is 20.2. The van der Waals surface area contributed by atoms with Crippen molar-refractivity contribution in [3.8, 4) is 78.1 Å². The van der Waals surface area contributed by atoms with Crippen LogP contribution in [0.15, 0.2) is 466 Å². The van der Waals surface area contributed by atoms with E-state index >= 15 is 0 Å². The van der Waals surface area contributed by atoms with Crippen LogP contribution in [-0.4, -0.2) is 9.13 Å². The molecule has 0 aliphatic carbocycles. The first kappa shape index (κ1) is 73.3. The average Bonchev–Trinajstić information content (AvgIpc) is 0.939. The predicted octanol–water partition coefficient (Wildman–Crippen LogP) is 32.5. The lowest BCUT2D eigenvalue weighted by Crippen LogP contribution is -2.10. The molecule has 0 aliphatic heterocycles. The molecule has 0 saturated heterocycles. The Balaban J connectivity index is 0.000000130. The van der Waals surface area contributed by atoms with Crippen molar-refractivity contribution in [2.75, 3.05) is 10.2 Å². The third-order valence-electron chi connectivity index (χ3n) is 22.6. The first-order valence-electron chi connectivity index (χ1n) is 39.9. The van der Waals surface area contributed by atoms with E-state index < -0.39 is 0 Å². The van der Waals surface area contributed by atoms with E-state index in [0.717, 1.165) is 44.2 Å². The second kappa shape index (κ2) is 32.5. The fraction of sp³-hybridized carbons (Fsp3) is 0.00885. The molecule has 560 valence electrons. The fourth-order valence-corrected chi connectivity index (χ4v) is 17.8. The summed E-state index contributed by atoms with van der Waals surface area (Å²) in [6.45, 7) is 0. The number of halogens is 1. The Labute approximate surface area is 696 Å². The van der Waals surface area contributed by atoms with Gasteiger partial charge in [-0.1, -0.05) is 351 Å². The van der Waals surface area contributed by atoms with Crippen LogP contribution >= 0.6 is 15.9 Å². The number of rotatable bonds is 13. The van der Waals surface area contributed by atoms with E-state index in [1.54, 1.807) is 0 Å². The molecule has 5 heteroatoms. The maximum atomic E-state index is 3.64. The van der Waals surface area contributed by atoms with Gasteiger partial charge in [0.05, 0.1) is 22.1 Å². The lowest BCUT2D eigenvalue weighted by molar-refractivity contribution is 1.17. The predicted molar refractivity (Wildman–Crippen MR) is 509 cm³/mol. The van der Waals surface area contributed by atoms with Crippen LogP contribution in [0.1, 0.15) is 7.43 Å². The summed E-state index contributed by atoms with van der Waals surface area (Å²) in [5, 5.41) is 18.7. The monoisotopic (exact) mass is 1570 g/mol. The smallest absolute Gasteiger partial charge is 0.0541 e. The number of nitrogens with zero attached hydrogens (tertiary/aromatic N) is 3. The summed E-state index contributed by atoms with van der Waals surface area (Å²) >= 11 is 3.64. The standard InChI is InChI=1S/C56H38N2.C32H21Br.C24H18N2.CH4/c1-4-17-39(18-5-1)55-49-27-10-11-28-50(49)56(40-19-6-2-7-20-40)52-38-42(31-36-51(52)55)41-21-16-24-46(37-41)57(43-22-8-3-9-23-43)44-32-34-45(35-33-44)58-53-29-14-12-25-47(53)48-26-13-15-30-54(48)58;33-26-15-9-14-24(20-26)25-18-19-29-30(21-25)32(23-12-5-2-6-13-23)28-17-8-7-16-27(28)31(29)22-10-3-1-4-11-22;1-2-8-18(9-3-1)25-19-14-16-20(17-15-19)26-23-12-6-4-10-21(23)22-11-5-7-13-24(22)26;/h1-38H;1-21H;1-17,25H;1H4. The highest BCUT2D eigenvalue weighted by atomic mass is 79.9. The molecular weight excluding hydrogens is 1490 g/mol. The molecule has 0 saturated carbocycles. The van der Waals surface area contributed by atoms with Gasteiger partial charge in [-0.15, -0.1) is 0 Å². The maximum absolute atomic E-state index is 3.64. The fourth-order valence-electron chi connectivity index (χ4n) is 17.4. The number of anilines is 5. The number of para-hydroxylation sites is 6. The summed E-state index contributed by atoms with van der Waals surface area (Å²) in [7, 11) is 0. The molecule has 0 atom stereocenters. The second-order valence-electron chi connectivity index (χ2n) is 29.6. The van der Waals surface area contributed by atoms with Crippen LogP contribution in [0.4, 0.5) is 28.4 Å². The van der Waals surface area contributed by atoms with Crippen LogP contribution in [0, 0.1) is 0 Å². The van der Waals surface area contributed by atoms with Crippen molar-refractivity contribution in [3.05, 3.63) is 466 Å². The van der Waals surface area contributed by atoms with Crippen molar-refractivity contribution in [1.29, 1.82) is 0 Å². The van der Waals surface area contributed by atoms with Gasteiger partial charge in [-0.05, 0) is 243 Å². The normalized spacial score (nSPS) is 11.2. The largest absolute Gasteiger partial charge is 0.356 e. The van der Waals surface area contributed by atoms with E-state index in [1.165, 1.54) is 154 Å². The van der Waals surface area contributed by atoms with Gasteiger partial charge in [0, 0.05) is 65.8 Å². The highest BCUT2D eigenvalue weighted by Crippen LogP contribution is 2.49. The number of hydrogen-bond donors (Lipinski definition) is 1. The average molecular weight is 1570 g/mol. The van der Waals surface area contributed by atoms with E-state index in [-0.39, 0.29) is 7.43 Å². The van der Waals surface area contributed by atoms with E-state index in [4.69, 9.17) is 0 Å². The molecule has 0 fully saturated rings. The van der Waals surface area contributed by atoms with Crippen molar-refractivity contribution in [2.45, 2.75) is 7.43 Å². The van der Waals surface area contributed by atoms with Crippen molar-refractivity contribution >= 4 is 131 Å². The van der Waals surface area contributed by atoms with Crippen molar-refractivity contribution in [3.63, 3.8) is 0 Å². The van der Waals surface area contributed by atoms with Gasteiger partial charge in [-0.3, -0.25) is 0 Å². The van der Waals surface area contributed by atoms with E-state index in [9.17, 15) is 0 Å². The maximum Gasteiger partial charge on any atom is 0.0541 e. The Morgan fingerprint density at radius 1 is 0.186 bits per heavy atom. The number of hydrogen-bond acceptors (Lipinski definition) is 2. The number of benzene rings is 20. The minimum Gasteiger partial charge on any atom is -0.356 e. The SMILES string of the molecule is Brc1cccc(-c2ccc3c(-c4ccccc4)c4ccccc4c(-c4ccccc4)c3c2)c1.C.c1ccc(-c2c3ccccc3c(-c3ccccc3)c3cc(-c4cccc(N(c5ccccc5)c5ccc(-n6c7ccccc7c7ccccc76)cc5)c4)ccc23)cc1.c1ccc(Nc2ccc(-n3c4ccccc4c4ccccc43)cc2)cc1. The van der Waals surface area contributed by atoms with Crippen LogP contribution in [-0.2, 0) is 0 Å². The minimum absolute atomic E-state index is 0. The second-order valence-corrected chi connectivity index (χ2v) is 30.5. The molecule has 22 rings (SSSR count). The Morgan fingerprint density at radius 2 is 0.458 bits per heavy atom. The molecule has 0 aliphatic rings. The topological polar surface area (TPSA) is 25.1 Å². The van der Waals surface area contributed by atoms with Crippen LogP contribution in [0.5, 0.6) is 0 Å². The number of nitrogens with one attached hydrogen (secondary N) is 1. The van der Waals surface area contributed by atoms with E-state index in [2.05, 4.69) is 478 Å². The van der Waals surface area contributed by atoms with Crippen LogP contribution in [0.2, 0.25) is 0 Å². The quantitative estimate of drug-likeness (QED) is 0.116. The van der Waals surface area contributed by atoms with Crippen molar-refractivity contribution in [1.82, 2.24) is 9.13 Å². The van der Waals surface area contributed by atoms with E-state index in [1.807, 2.05) is 18.2 Å². The molecule has 4 nitrogen and oxygen atoms in total. The molecule has 0 spiro atoms. The first-order valence-corrected chi connectivity index (χ1v) is 40.7. The summed E-state index contributed by atoms with van der Waals surface area (Å²) in [6.07, 6.45) is 0. The summed E-state index contributed by atoms with van der Waals surface area (Å²) in [6, 6.07) is 165. The lowest BCUT2D eigenvalue weighted by Gasteiger charge is -2.26. The highest BCUT2D eigenvalue weighted by molar-refractivity contribution is 9.10. The van der Waals surface area contributed by atoms with Gasteiger partial charge in [0.15, 0.2) is 0 Å². The zero-order chi connectivity index (χ0) is 78.0. The van der Waals surface area contributed by atoms with Gasteiger partial charge in [-0.2, -0.15) is 0 Å². The molecule has 0 unspecified atom stereocenters.